The Hall–Kier alpha value is -4.68. The summed E-state index contributed by atoms with van der Waals surface area (Å²) in [4.78, 5) is 68.9. The molecule has 2 aliphatic rings. The van der Waals surface area contributed by atoms with Crippen molar-refractivity contribution in [3.8, 4) is 5.75 Å². The lowest BCUT2D eigenvalue weighted by molar-refractivity contribution is -0.122. The normalized spacial score (nSPS) is 18.9. The van der Waals surface area contributed by atoms with Crippen LogP contribution in [-0.2, 0) is 19.1 Å². The van der Waals surface area contributed by atoms with Crippen molar-refractivity contribution in [3.05, 3.63) is 104 Å². The number of nitrogens with one attached hydrogen (secondary N) is 2. The third-order valence-electron chi connectivity index (χ3n) is 7.37. The average molecular weight is 630 g/mol. The van der Waals surface area contributed by atoms with Crippen LogP contribution in [0.25, 0.3) is 0 Å². The quantitative estimate of drug-likeness (QED) is 0.211. The highest BCUT2D eigenvalue weighted by atomic mass is 32.2. The molecule has 3 aromatic carbocycles. The number of amides is 3. The molecule has 2 N–H and O–H groups in total. The van der Waals surface area contributed by atoms with Crippen LogP contribution >= 0.6 is 23.1 Å². The fourth-order valence-corrected chi connectivity index (χ4v) is 7.95. The number of carbonyl (C=O) groups excluding carboxylic acids is 4. The van der Waals surface area contributed by atoms with E-state index in [0.717, 1.165) is 27.4 Å². The monoisotopic (exact) mass is 629 g/mol. The summed E-state index contributed by atoms with van der Waals surface area (Å²) in [5.41, 5.74) is 3.10. The lowest BCUT2D eigenvalue weighted by Gasteiger charge is -2.29. The standard InChI is InChI=1S/C32H27N3O7S2/c1-3-41-31(39)19-7-11-21(12-8-19)35-29(37)25-24(26-28(34-32(40)44-26)43-27(25)30(35)38)18-9-13-22(14-10-18)42-16-23(36)33-20-6-4-5-17(2)15-20/h4-15,24-25,27H,3,16H2,1-2H3,(H,33,36)(H,34,40). The molecule has 0 spiro atoms. The first kappa shape index (κ1) is 29.4. The molecule has 0 aliphatic carbocycles. The smallest absolute Gasteiger partial charge is 0.338 e. The fraction of sp³-hybridized carbons (Fsp3) is 0.219. The van der Waals surface area contributed by atoms with E-state index in [1.807, 2.05) is 25.1 Å². The van der Waals surface area contributed by atoms with Crippen molar-refractivity contribution in [1.29, 1.82) is 0 Å². The highest BCUT2D eigenvalue weighted by Gasteiger charge is 2.56. The summed E-state index contributed by atoms with van der Waals surface area (Å²) in [5, 5.41) is 2.62. The molecule has 12 heteroatoms. The number of aryl methyl sites for hydroxylation is 1. The molecule has 3 amide bonds. The van der Waals surface area contributed by atoms with Crippen LogP contribution in [0.5, 0.6) is 5.75 Å². The highest BCUT2D eigenvalue weighted by Crippen LogP contribution is 2.53. The number of H-pyrrole nitrogens is 1. The first-order valence-electron chi connectivity index (χ1n) is 13.9. The van der Waals surface area contributed by atoms with E-state index in [1.165, 1.54) is 23.9 Å². The number of rotatable bonds is 8. The number of hydrogen-bond donors (Lipinski definition) is 2. The maximum atomic E-state index is 13.9. The Morgan fingerprint density at radius 1 is 0.977 bits per heavy atom. The average Bonchev–Trinajstić information content (AvgIpc) is 3.50. The minimum absolute atomic E-state index is 0.196. The van der Waals surface area contributed by atoms with E-state index < -0.39 is 29.0 Å². The molecule has 1 saturated heterocycles. The summed E-state index contributed by atoms with van der Waals surface area (Å²) < 4.78 is 10.7. The predicted octanol–water partition coefficient (Wildman–Crippen LogP) is 4.73. The summed E-state index contributed by atoms with van der Waals surface area (Å²) in [7, 11) is 0. The van der Waals surface area contributed by atoms with Gasteiger partial charge in [-0.2, -0.15) is 0 Å². The molecule has 1 fully saturated rings. The Morgan fingerprint density at radius 3 is 2.43 bits per heavy atom. The first-order valence-corrected chi connectivity index (χ1v) is 15.6. The maximum Gasteiger partial charge on any atom is 0.338 e. The van der Waals surface area contributed by atoms with Gasteiger partial charge in [-0.05, 0) is 73.5 Å². The predicted molar refractivity (Wildman–Crippen MR) is 167 cm³/mol. The molecule has 4 aromatic rings. The molecule has 0 bridgehead atoms. The minimum Gasteiger partial charge on any atom is -0.484 e. The second-order valence-corrected chi connectivity index (χ2v) is 12.5. The SMILES string of the molecule is CCOC(=O)c1ccc(N2C(=O)C3Sc4[nH]c(=O)sc4C(c4ccc(OCC(=O)Nc5cccc(C)c5)cc4)C3C2=O)cc1. The van der Waals surface area contributed by atoms with Gasteiger partial charge < -0.3 is 19.8 Å². The third kappa shape index (κ3) is 5.65. The lowest BCUT2D eigenvalue weighted by atomic mass is 9.83. The molecule has 3 unspecified atom stereocenters. The van der Waals surface area contributed by atoms with Crippen molar-refractivity contribution in [2.24, 2.45) is 5.92 Å². The number of anilines is 2. The number of aromatic nitrogens is 1. The van der Waals surface area contributed by atoms with Gasteiger partial charge in [0.2, 0.25) is 11.8 Å². The van der Waals surface area contributed by atoms with Gasteiger partial charge in [0.1, 0.15) is 11.0 Å². The van der Waals surface area contributed by atoms with E-state index in [-0.39, 0.29) is 29.9 Å². The number of esters is 1. The Bertz CT molecular complexity index is 1810. The van der Waals surface area contributed by atoms with Gasteiger partial charge in [-0.3, -0.25) is 19.2 Å². The Labute approximate surface area is 260 Å². The van der Waals surface area contributed by atoms with Gasteiger partial charge in [0.15, 0.2) is 6.61 Å². The third-order valence-corrected chi connectivity index (χ3v) is 9.77. The van der Waals surface area contributed by atoms with Crippen molar-refractivity contribution < 1.29 is 28.7 Å². The highest BCUT2D eigenvalue weighted by molar-refractivity contribution is 8.00. The number of nitrogens with zero attached hydrogens (tertiary/aromatic N) is 1. The van der Waals surface area contributed by atoms with Crippen LogP contribution in [0.3, 0.4) is 0 Å². The van der Waals surface area contributed by atoms with Crippen molar-refractivity contribution in [2.75, 3.05) is 23.4 Å². The molecule has 2 aliphatic heterocycles. The van der Waals surface area contributed by atoms with Gasteiger partial charge in [0.05, 0.1) is 28.8 Å². The largest absolute Gasteiger partial charge is 0.484 e. The van der Waals surface area contributed by atoms with Crippen molar-refractivity contribution >= 4 is 58.2 Å². The maximum absolute atomic E-state index is 13.9. The summed E-state index contributed by atoms with van der Waals surface area (Å²) in [6, 6.07) is 20.6. The van der Waals surface area contributed by atoms with Crippen LogP contribution in [0.2, 0.25) is 0 Å². The zero-order chi connectivity index (χ0) is 31.0. The van der Waals surface area contributed by atoms with Crippen LogP contribution in [0.1, 0.15) is 39.2 Å². The second kappa shape index (κ2) is 12.1. The zero-order valence-corrected chi connectivity index (χ0v) is 25.3. The van der Waals surface area contributed by atoms with E-state index >= 15 is 0 Å². The molecular weight excluding hydrogens is 603 g/mol. The number of fused-ring (bicyclic) bond motifs is 2. The van der Waals surface area contributed by atoms with Gasteiger partial charge >= 0.3 is 10.8 Å². The van der Waals surface area contributed by atoms with Crippen LogP contribution in [0, 0.1) is 12.8 Å². The number of aromatic amines is 1. The van der Waals surface area contributed by atoms with E-state index in [0.29, 0.717) is 32.6 Å². The van der Waals surface area contributed by atoms with E-state index in [1.54, 1.807) is 49.4 Å². The topological polar surface area (TPSA) is 135 Å². The fourth-order valence-electron chi connectivity index (χ4n) is 5.43. The number of thioether (sulfide) groups is 1. The molecule has 6 rings (SSSR count). The minimum atomic E-state index is -0.761. The van der Waals surface area contributed by atoms with Gasteiger partial charge in [0.25, 0.3) is 5.91 Å². The number of ether oxygens (including phenoxy) is 2. The number of imide groups is 1. The summed E-state index contributed by atoms with van der Waals surface area (Å²) in [5.74, 6) is -2.44. The molecule has 0 radical (unpaired) electrons. The van der Waals surface area contributed by atoms with Gasteiger partial charge in [-0.25, -0.2) is 9.69 Å². The van der Waals surface area contributed by atoms with E-state index in [4.69, 9.17) is 9.47 Å². The van der Waals surface area contributed by atoms with Crippen LogP contribution in [0.15, 0.2) is 82.6 Å². The molecule has 0 saturated carbocycles. The van der Waals surface area contributed by atoms with Gasteiger partial charge in [-0.15, -0.1) is 0 Å². The number of carbonyl (C=O) groups is 4. The Balaban J connectivity index is 1.23. The second-order valence-electron chi connectivity index (χ2n) is 10.3. The number of thiazole rings is 1. The molecule has 224 valence electrons. The summed E-state index contributed by atoms with van der Waals surface area (Å²) in [6.07, 6.45) is 0. The van der Waals surface area contributed by atoms with E-state index in [9.17, 15) is 24.0 Å². The van der Waals surface area contributed by atoms with Gasteiger partial charge in [-0.1, -0.05) is 47.4 Å². The molecule has 3 atom stereocenters. The Morgan fingerprint density at radius 2 is 1.73 bits per heavy atom. The lowest BCUT2D eigenvalue weighted by Crippen LogP contribution is -2.32. The number of hydrogen-bond acceptors (Lipinski definition) is 9. The van der Waals surface area contributed by atoms with E-state index in [2.05, 4.69) is 10.3 Å². The van der Waals surface area contributed by atoms with Crippen molar-refractivity contribution in [1.82, 2.24) is 4.98 Å². The summed E-state index contributed by atoms with van der Waals surface area (Å²) >= 11 is 2.21. The molecule has 1 aromatic heterocycles. The molecule has 3 heterocycles. The van der Waals surface area contributed by atoms with Crippen LogP contribution < -0.4 is 19.8 Å². The number of benzene rings is 3. The zero-order valence-electron chi connectivity index (χ0n) is 23.7. The molecular formula is C32H27N3O7S2. The Kier molecular flexibility index (Phi) is 8.11. The first-order chi connectivity index (χ1) is 21.2. The van der Waals surface area contributed by atoms with Crippen molar-refractivity contribution in [3.63, 3.8) is 0 Å². The van der Waals surface area contributed by atoms with Crippen molar-refractivity contribution in [2.45, 2.75) is 30.0 Å². The van der Waals surface area contributed by atoms with Crippen LogP contribution in [0.4, 0.5) is 11.4 Å². The summed E-state index contributed by atoms with van der Waals surface area (Å²) in [6.45, 7) is 3.68. The molecule has 10 nitrogen and oxygen atoms in total. The van der Waals surface area contributed by atoms with Crippen LogP contribution in [-0.4, -0.2) is 47.1 Å². The molecule has 44 heavy (non-hydrogen) atoms. The van der Waals surface area contributed by atoms with Gasteiger partial charge in [0, 0.05) is 16.5 Å².